The lowest BCUT2D eigenvalue weighted by molar-refractivity contribution is 0.977. The van der Waals surface area contributed by atoms with Crippen molar-refractivity contribution in [1.29, 1.82) is 0 Å². The van der Waals surface area contributed by atoms with Crippen molar-refractivity contribution in [2.45, 2.75) is 5.88 Å². The zero-order chi connectivity index (χ0) is 14.3. The summed E-state index contributed by atoms with van der Waals surface area (Å²) in [6.07, 6.45) is 0. The van der Waals surface area contributed by atoms with Gasteiger partial charge in [-0.1, -0.05) is 33.6 Å². The first-order valence-electron chi connectivity index (χ1n) is 5.79. The topological polar surface area (TPSA) is 17.8 Å². The maximum Gasteiger partial charge on any atom is 0.129 e. The Bertz CT molecular complexity index is 799. The second-order valence-electron chi connectivity index (χ2n) is 4.20. The number of nitrogens with zero attached hydrogens (tertiary/aromatic N) is 2. The molecular weight excluding hydrogens is 427 g/mol. The van der Waals surface area contributed by atoms with Gasteiger partial charge in [-0.2, -0.15) is 0 Å². The number of imidazole rings is 1. The van der Waals surface area contributed by atoms with E-state index >= 15 is 0 Å². The number of aromatic nitrogens is 2. The lowest BCUT2D eigenvalue weighted by atomic mass is 10.2. The molecule has 0 N–H and O–H groups in total. The minimum Gasteiger partial charge on any atom is -0.293 e. The first-order valence-corrected chi connectivity index (χ1v) is 8.29. The number of hydrogen-bond donors (Lipinski definition) is 0. The Morgan fingerprint density at radius 2 is 1.95 bits per heavy atom. The molecule has 2 aromatic carbocycles. The van der Waals surface area contributed by atoms with E-state index in [0.29, 0.717) is 10.9 Å². The monoisotopic (exact) mass is 432 g/mol. The van der Waals surface area contributed by atoms with Crippen LogP contribution in [0.3, 0.4) is 0 Å². The van der Waals surface area contributed by atoms with Gasteiger partial charge in [0.1, 0.15) is 5.82 Å². The summed E-state index contributed by atoms with van der Waals surface area (Å²) in [4.78, 5) is 4.55. The van der Waals surface area contributed by atoms with Gasteiger partial charge >= 0.3 is 0 Å². The quantitative estimate of drug-likeness (QED) is 0.456. The van der Waals surface area contributed by atoms with E-state index in [9.17, 15) is 0 Å². The van der Waals surface area contributed by atoms with Crippen LogP contribution in [-0.2, 0) is 5.88 Å². The molecule has 0 saturated carbocycles. The van der Waals surface area contributed by atoms with E-state index in [2.05, 4.69) is 36.8 Å². The number of hydrogen-bond acceptors (Lipinski definition) is 1. The Morgan fingerprint density at radius 3 is 2.65 bits per heavy atom. The van der Waals surface area contributed by atoms with Crippen molar-refractivity contribution in [3.63, 3.8) is 0 Å². The minimum absolute atomic E-state index is 0.313. The summed E-state index contributed by atoms with van der Waals surface area (Å²) in [5, 5.41) is 0.654. The lowest BCUT2D eigenvalue weighted by Crippen LogP contribution is -2.00. The molecule has 1 heterocycles. The highest BCUT2D eigenvalue weighted by atomic mass is 79.9. The number of fused-ring (bicyclic) bond motifs is 1. The van der Waals surface area contributed by atoms with E-state index in [4.69, 9.17) is 23.2 Å². The van der Waals surface area contributed by atoms with Gasteiger partial charge in [0.15, 0.2) is 0 Å². The maximum atomic E-state index is 6.34. The molecule has 0 unspecified atom stereocenters. The van der Waals surface area contributed by atoms with Gasteiger partial charge in [0.2, 0.25) is 0 Å². The molecule has 0 atom stereocenters. The molecule has 3 aromatic rings. The third-order valence-corrected chi connectivity index (χ3v) is 4.64. The van der Waals surface area contributed by atoms with Crippen molar-refractivity contribution >= 4 is 66.1 Å². The van der Waals surface area contributed by atoms with E-state index in [1.54, 1.807) is 0 Å². The van der Waals surface area contributed by atoms with Gasteiger partial charge in [-0.3, -0.25) is 4.57 Å². The van der Waals surface area contributed by atoms with Crippen LogP contribution in [0.5, 0.6) is 0 Å². The maximum absolute atomic E-state index is 6.34. The lowest BCUT2D eigenvalue weighted by Gasteiger charge is -2.11. The van der Waals surface area contributed by atoms with Crippen LogP contribution < -0.4 is 0 Å². The number of halogens is 4. The summed E-state index contributed by atoms with van der Waals surface area (Å²) in [5.74, 6) is 1.07. The Balaban J connectivity index is 2.39. The summed E-state index contributed by atoms with van der Waals surface area (Å²) in [7, 11) is 0. The molecule has 1 aromatic heterocycles. The number of benzene rings is 2. The molecule has 3 rings (SSSR count). The number of rotatable bonds is 2. The average molecular weight is 435 g/mol. The summed E-state index contributed by atoms with van der Waals surface area (Å²) in [5.41, 5.74) is 2.66. The second kappa shape index (κ2) is 5.68. The van der Waals surface area contributed by atoms with Crippen LogP contribution in [0.25, 0.3) is 16.7 Å². The normalized spacial score (nSPS) is 11.2. The highest BCUT2D eigenvalue weighted by molar-refractivity contribution is 9.11. The van der Waals surface area contributed by atoms with Crippen molar-refractivity contribution in [2.24, 2.45) is 0 Å². The van der Waals surface area contributed by atoms with Crippen LogP contribution in [0, 0.1) is 0 Å². The second-order valence-corrected chi connectivity index (χ2v) is 6.64. The molecule has 20 heavy (non-hydrogen) atoms. The molecule has 2 nitrogen and oxygen atoms in total. The fourth-order valence-electron chi connectivity index (χ4n) is 2.15. The predicted molar refractivity (Wildman–Crippen MR) is 91.0 cm³/mol. The number of alkyl halides is 1. The van der Waals surface area contributed by atoms with Crippen LogP contribution in [0.4, 0.5) is 0 Å². The van der Waals surface area contributed by atoms with Gasteiger partial charge in [-0.15, -0.1) is 11.6 Å². The van der Waals surface area contributed by atoms with Crippen LogP contribution >= 0.6 is 55.1 Å². The van der Waals surface area contributed by atoms with E-state index < -0.39 is 0 Å². The molecule has 0 amide bonds. The summed E-state index contributed by atoms with van der Waals surface area (Å²) in [6, 6.07) is 11.6. The van der Waals surface area contributed by atoms with Gasteiger partial charge in [-0.25, -0.2) is 4.98 Å². The van der Waals surface area contributed by atoms with E-state index in [-0.39, 0.29) is 0 Å². The fraction of sp³-hybridized carbons (Fsp3) is 0.0714. The molecule has 0 radical (unpaired) electrons. The molecule has 0 aliphatic rings. The van der Waals surface area contributed by atoms with E-state index in [0.717, 1.165) is 31.5 Å². The molecule has 0 fully saturated rings. The largest absolute Gasteiger partial charge is 0.293 e. The first-order chi connectivity index (χ1) is 9.61. The van der Waals surface area contributed by atoms with Crippen LogP contribution in [0.15, 0.2) is 45.3 Å². The van der Waals surface area contributed by atoms with Gasteiger partial charge in [-0.05, 0) is 46.3 Å². The molecule has 102 valence electrons. The van der Waals surface area contributed by atoms with Crippen LogP contribution in [-0.4, -0.2) is 9.55 Å². The van der Waals surface area contributed by atoms with Gasteiger partial charge in [0, 0.05) is 8.95 Å². The summed E-state index contributed by atoms with van der Waals surface area (Å²) < 4.78 is 3.93. The van der Waals surface area contributed by atoms with Crippen molar-refractivity contribution in [3.05, 3.63) is 56.2 Å². The zero-order valence-electron chi connectivity index (χ0n) is 10.1. The fourth-order valence-corrected chi connectivity index (χ4v) is 3.80. The van der Waals surface area contributed by atoms with Crippen molar-refractivity contribution in [3.8, 4) is 5.69 Å². The van der Waals surface area contributed by atoms with Crippen molar-refractivity contribution in [2.75, 3.05) is 0 Å². The van der Waals surface area contributed by atoms with Crippen LogP contribution in [0.2, 0.25) is 5.02 Å². The number of para-hydroxylation sites is 1. The molecule has 0 bridgehead atoms. The molecule has 0 saturated heterocycles. The smallest absolute Gasteiger partial charge is 0.129 e. The minimum atomic E-state index is 0.313. The summed E-state index contributed by atoms with van der Waals surface area (Å²) >= 11 is 19.4. The van der Waals surface area contributed by atoms with Gasteiger partial charge in [0.05, 0.1) is 27.6 Å². The Hall–Kier alpha value is -0.550. The first kappa shape index (κ1) is 14.4. The van der Waals surface area contributed by atoms with E-state index in [1.807, 2.05) is 41.0 Å². The SMILES string of the molecule is ClCc1nc2cccc(Cl)c2n1-c1ccc(Br)cc1Br. The molecule has 0 spiro atoms. The standard InChI is InChI=1S/C14H8Br2Cl2N2/c15-8-4-5-12(9(16)6-8)20-13(7-17)19-11-3-1-2-10(18)14(11)20/h1-6H,7H2. The highest BCUT2D eigenvalue weighted by Crippen LogP contribution is 2.33. The molecule has 6 heteroatoms. The van der Waals surface area contributed by atoms with Gasteiger partial charge < -0.3 is 0 Å². The Labute approximate surface area is 143 Å². The Morgan fingerprint density at radius 1 is 1.15 bits per heavy atom. The highest BCUT2D eigenvalue weighted by Gasteiger charge is 2.16. The zero-order valence-corrected chi connectivity index (χ0v) is 14.8. The average Bonchev–Trinajstić information content (AvgIpc) is 2.79. The third kappa shape index (κ3) is 2.39. The van der Waals surface area contributed by atoms with E-state index in [1.165, 1.54) is 0 Å². The molecule has 0 aliphatic carbocycles. The Kier molecular flexibility index (Phi) is 4.09. The summed E-state index contributed by atoms with van der Waals surface area (Å²) in [6.45, 7) is 0. The van der Waals surface area contributed by atoms with Crippen molar-refractivity contribution in [1.82, 2.24) is 9.55 Å². The van der Waals surface area contributed by atoms with Crippen LogP contribution in [0.1, 0.15) is 5.82 Å². The predicted octanol–water partition coefficient (Wildman–Crippen LogP) is 5.94. The third-order valence-electron chi connectivity index (χ3n) is 2.97. The van der Waals surface area contributed by atoms with Crippen molar-refractivity contribution < 1.29 is 0 Å². The van der Waals surface area contributed by atoms with Gasteiger partial charge in [0.25, 0.3) is 0 Å². The molecular formula is C14H8Br2Cl2N2. The molecule has 0 aliphatic heterocycles.